The van der Waals surface area contributed by atoms with E-state index in [9.17, 15) is 8.42 Å². The Morgan fingerprint density at radius 3 is 2.70 bits per heavy atom. The van der Waals surface area contributed by atoms with Crippen LogP contribution in [0.3, 0.4) is 0 Å². The van der Waals surface area contributed by atoms with E-state index in [0.29, 0.717) is 11.4 Å². The molecule has 1 fully saturated rings. The molecule has 0 amide bonds. The third kappa shape index (κ3) is 4.03. The first-order chi connectivity index (χ1) is 10.3. The first-order valence-corrected chi connectivity index (χ1v) is 9.70. The van der Waals surface area contributed by atoms with Gasteiger partial charge in [-0.1, -0.05) is 20.8 Å². The van der Waals surface area contributed by atoms with Crippen molar-refractivity contribution in [2.45, 2.75) is 43.5 Å². The highest BCUT2D eigenvalue weighted by Crippen LogP contribution is 2.32. The molecule has 1 aromatic carbocycles. The summed E-state index contributed by atoms with van der Waals surface area (Å²) in [5.41, 5.74) is 0.827. The van der Waals surface area contributed by atoms with Crippen molar-refractivity contribution in [1.29, 1.82) is 0 Å². The number of nitrogens with zero attached hydrogens (tertiary/aromatic N) is 1. The number of sulfonamides is 1. The van der Waals surface area contributed by atoms with Crippen molar-refractivity contribution in [2.24, 2.45) is 0 Å². The van der Waals surface area contributed by atoms with Crippen molar-refractivity contribution >= 4 is 44.0 Å². The summed E-state index contributed by atoms with van der Waals surface area (Å²) in [5, 5.41) is 4.18. The number of thiazole rings is 1. The Balaban J connectivity index is 0.00000192. The molecular weight excluding hydrogens is 354 g/mol. The third-order valence-electron chi connectivity index (χ3n) is 3.69. The SMILES string of the molecule is CC(C)(C)c1nc2ccc(S(=O)(=O)NC3CCNC3)cc2s1.Cl. The quantitative estimate of drug-likeness (QED) is 0.865. The van der Waals surface area contributed by atoms with Crippen LogP contribution >= 0.6 is 23.7 Å². The van der Waals surface area contributed by atoms with Gasteiger partial charge < -0.3 is 5.32 Å². The van der Waals surface area contributed by atoms with E-state index in [-0.39, 0.29) is 23.9 Å². The summed E-state index contributed by atoms with van der Waals surface area (Å²) in [6.07, 6.45) is 0.830. The van der Waals surface area contributed by atoms with Crippen molar-refractivity contribution in [3.05, 3.63) is 23.2 Å². The van der Waals surface area contributed by atoms with Gasteiger partial charge in [0.2, 0.25) is 10.0 Å². The number of fused-ring (bicyclic) bond motifs is 1. The molecule has 0 radical (unpaired) electrons. The molecule has 0 saturated carbocycles. The van der Waals surface area contributed by atoms with E-state index in [2.05, 4.69) is 35.8 Å². The number of aromatic nitrogens is 1. The summed E-state index contributed by atoms with van der Waals surface area (Å²) in [6.45, 7) is 7.87. The van der Waals surface area contributed by atoms with Gasteiger partial charge in [-0.15, -0.1) is 23.7 Å². The maximum Gasteiger partial charge on any atom is 0.240 e. The Morgan fingerprint density at radius 1 is 1.35 bits per heavy atom. The van der Waals surface area contributed by atoms with Gasteiger partial charge >= 0.3 is 0 Å². The van der Waals surface area contributed by atoms with Gasteiger partial charge in [0.15, 0.2) is 0 Å². The van der Waals surface area contributed by atoms with Gasteiger partial charge in [0.1, 0.15) is 0 Å². The van der Waals surface area contributed by atoms with Crippen LogP contribution in [-0.2, 0) is 15.4 Å². The van der Waals surface area contributed by atoms with Gasteiger partial charge in [0.25, 0.3) is 0 Å². The summed E-state index contributed by atoms with van der Waals surface area (Å²) in [7, 11) is -3.47. The maximum atomic E-state index is 12.5. The van der Waals surface area contributed by atoms with E-state index in [1.165, 1.54) is 0 Å². The fourth-order valence-electron chi connectivity index (χ4n) is 2.44. The van der Waals surface area contributed by atoms with Crippen LogP contribution in [0.4, 0.5) is 0 Å². The second kappa shape index (κ2) is 6.64. The molecule has 5 nitrogen and oxygen atoms in total. The molecule has 0 bridgehead atoms. The number of hydrogen-bond acceptors (Lipinski definition) is 5. The van der Waals surface area contributed by atoms with Crippen molar-refractivity contribution in [3.63, 3.8) is 0 Å². The summed E-state index contributed by atoms with van der Waals surface area (Å²) in [5.74, 6) is 0. The number of rotatable bonds is 3. The molecule has 1 aliphatic heterocycles. The highest BCUT2D eigenvalue weighted by Gasteiger charge is 2.24. The van der Waals surface area contributed by atoms with Gasteiger partial charge in [-0.3, -0.25) is 0 Å². The molecular formula is C15H22ClN3O2S2. The number of halogens is 1. The molecule has 3 rings (SSSR count). The topological polar surface area (TPSA) is 71.1 Å². The Labute approximate surface area is 147 Å². The fraction of sp³-hybridized carbons (Fsp3) is 0.533. The monoisotopic (exact) mass is 375 g/mol. The van der Waals surface area contributed by atoms with Crippen LogP contribution in [0.2, 0.25) is 0 Å². The lowest BCUT2D eigenvalue weighted by atomic mass is 9.98. The van der Waals surface area contributed by atoms with Crippen LogP contribution in [0.15, 0.2) is 23.1 Å². The van der Waals surface area contributed by atoms with Gasteiger partial charge in [-0.2, -0.15) is 0 Å². The zero-order chi connectivity index (χ0) is 16.0. The molecule has 2 aromatic rings. The molecule has 128 valence electrons. The molecule has 0 spiro atoms. The van der Waals surface area contributed by atoms with Crippen molar-refractivity contribution in [2.75, 3.05) is 13.1 Å². The van der Waals surface area contributed by atoms with Crippen LogP contribution in [0.5, 0.6) is 0 Å². The number of benzene rings is 1. The highest BCUT2D eigenvalue weighted by atomic mass is 35.5. The molecule has 23 heavy (non-hydrogen) atoms. The van der Waals surface area contributed by atoms with Gasteiger partial charge in [-0.05, 0) is 31.2 Å². The van der Waals surface area contributed by atoms with Gasteiger partial charge in [-0.25, -0.2) is 18.1 Å². The first kappa shape index (κ1) is 18.6. The summed E-state index contributed by atoms with van der Waals surface area (Å²) in [4.78, 5) is 4.92. The molecule has 2 N–H and O–H groups in total. The predicted octanol–water partition coefficient (Wildman–Crippen LogP) is 2.66. The molecule has 1 saturated heterocycles. The Bertz CT molecular complexity index is 791. The van der Waals surface area contributed by atoms with Crippen LogP contribution in [0.25, 0.3) is 10.2 Å². The van der Waals surface area contributed by atoms with E-state index in [4.69, 9.17) is 0 Å². The average Bonchev–Trinajstić information content (AvgIpc) is 3.04. The van der Waals surface area contributed by atoms with Crippen LogP contribution in [0, 0.1) is 0 Å². The number of nitrogens with one attached hydrogen (secondary N) is 2. The molecule has 8 heteroatoms. The average molecular weight is 376 g/mol. The van der Waals surface area contributed by atoms with E-state index in [1.54, 1.807) is 29.5 Å². The molecule has 2 heterocycles. The largest absolute Gasteiger partial charge is 0.315 e. The Morgan fingerprint density at radius 2 is 2.09 bits per heavy atom. The summed E-state index contributed by atoms with van der Waals surface area (Å²) < 4.78 is 28.6. The Hall–Kier alpha value is -0.730. The number of hydrogen-bond donors (Lipinski definition) is 2. The second-order valence-electron chi connectivity index (χ2n) is 6.71. The smallest absolute Gasteiger partial charge is 0.240 e. The lowest BCUT2D eigenvalue weighted by Gasteiger charge is -2.13. The van der Waals surface area contributed by atoms with E-state index in [0.717, 1.165) is 28.2 Å². The van der Waals surface area contributed by atoms with Crippen molar-refractivity contribution in [3.8, 4) is 0 Å². The lowest BCUT2D eigenvalue weighted by Crippen LogP contribution is -2.36. The molecule has 1 aliphatic rings. The molecule has 1 unspecified atom stereocenters. The summed E-state index contributed by atoms with van der Waals surface area (Å²) in [6, 6.07) is 5.14. The van der Waals surface area contributed by atoms with Crippen molar-refractivity contribution < 1.29 is 8.42 Å². The standard InChI is InChI=1S/C15H21N3O2S2.ClH/c1-15(2,3)14-17-12-5-4-11(8-13(12)21-14)22(19,20)18-10-6-7-16-9-10;/h4-5,8,10,16,18H,6-7,9H2,1-3H3;1H. The zero-order valence-electron chi connectivity index (χ0n) is 13.4. The Kier molecular flexibility index (Phi) is 5.37. The van der Waals surface area contributed by atoms with Crippen LogP contribution < -0.4 is 10.0 Å². The highest BCUT2D eigenvalue weighted by molar-refractivity contribution is 7.89. The predicted molar refractivity (Wildman–Crippen MR) is 97.2 cm³/mol. The fourth-order valence-corrected chi connectivity index (χ4v) is 4.87. The minimum absolute atomic E-state index is 0. The summed E-state index contributed by atoms with van der Waals surface area (Å²) >= 11 is 1.56. The zero-order valence-corrected chi connectivity index (χ0v) is 15.9. The first-order valence-electron chi connectivity index (χ1n) is 7.40. The van der Waals surface area contributed by atoms with E-state index >= 15 is 0 Å². The van der Waals surface area contributed by atoms with E-state index < -0.39 is 10.0 Å². The molecule has 1 aromatic heterocycles. The lowest BCUT2D eigenvalue weighted by molar-refractivity contribution is 0.560. The third-order valence-corrected chi connectivity index (χ3v) is 6.66. The molecule has 0 aliphatic carbocycles. The van der Waals surface area contributed by atoms with E-state index in [1.807, 2.05) is 0 Å². The second-order valence-corrected chi connectivity index (χ2v) is 9.45. The van der Waals surface area contributed by atoms with Crippen LogP contribution in [0.1, 0.15) is 32.2 Å². The maximum absolute atomic E-state index is 12.5. The van der Waals surface area contributed by atoms with Crippen LogP contribution in [-0.4, -0.2) is 32.5 Å². The minimum atomic E-state index is -3.47. The van der Waals surface area contributed by atoms with Gasteiger partial charge in [0, 0.05) is 18.0 Å². The molecule has 1 atom stereocenters. The minimum Gasteiger partial charge on any atom is -0.315 e. The normalized spacial score (nSPS) is 19.0. The van der Waals surface area contributed by atoms with Gasteiger partial charge in [0.05, 0.1) is 20.1 Å². The van der Waals surface area contributed by atoms with Crippen molar-refractivity contribution in [1.82, 2.24) is 15.0 Å².